The molecule has 3 radical (unpaired) electrons. The van der Waals surface area contributed by atoms with Crippen LogP contribution < -0.4 is 21.7 Å². The number of carbonyl (C=O) groups excluding carboxylic acids is 1. The number of aryl methyl sites for hydroxylation is 2. The number of imidazole rings is 2. The summed E-state index contributed by atoms with van der Waals surface area (Å²) in [5, 5.41) is 55.9. The largest absolute Gasteiger partial charge is 0.817 e. The number of aliphatic hydroxyl groups is 2. The van der Waals surface area contributed by atoms with Gasteiger partial charge < -0.3 is 66.1 Å². The predicted molar refractivity (Wildman–Crippen MR) is 323 cm³/mol. The van der Waals surface area contributed by atoms with Crippen molar-refractivity contribution in [3.05, 3.63) is 148 Å². The number of anilines is 4. The number of carbonyl (C=O) groups is 1. The molecule has 0 spiro atoms. The first-order valence-corrected chi connectivity index (χ1v) is 27.3. The van der Waals surface area contributed by atoms with E-state index in [1.807, 2.05) is 54.8 Å². The Morgan fingerprint density at radius 3 is 1.66 bits per heavy atom. The number of aromatic nitrogens is 8. The van der Waals surface area contributed by atoms with Gasteiger partial charge >= 0.3 is 0 Å². The van der Waals surface area contributed by atoms with Crippen molar-refractivity contribution in [1.82, 2.24) is 48.8 Å². The van der Waals surface area contributed by atoms with Crippen molar-refractivity contribution in [1.29, 1.82) is 0 Å². The molecule has 9 N–H and O–H groups in total. The predicted octanol–water partition coefficient (Wildman–Crippen LogP) is 5.68. The molecule has 10 rings (SSSR count). The van der Waals surface area contributed by atoms with E-state index in [0.29, 0.717) is 61.1 Å². The number of fused-ring (bicyclic) bond motifs is 2. The highest BCUT2D eigenvalue weighted by atomic mass is 16.5. The molecule has 8 heterocycles. The molecule has 0 aliphatic carbocycles. The van der Waals surface area contributed by atoms with Gasteiger partial charge in [0.15, 0.2) is 0 Å². The van der Waals surface area contributed by atoms with Crippen molar-refractivity contribution in [2.75, 3.05) is 114 Å². The number of nitrogen functional groups attached to an aromatic ring is 1. The molecule has 0 atom stereocenters. The summed E-state index contributed by atoms with van der Waals surface area (Å²) in [6.45, 7) is 18.3. The van der Waals surface area contributed by atoms with E-state index < -0.39 is 0 Å². The highest BCUT2D eigenvalue weighted by Gasteiger charge is 2.18. The van der Waals surface area contributed by atoms with Gasteiger partial charge in [-0.05, 0) is 124 Å². The lowest BCUT2D eigenvalue weighted by Crippen LogP contribution is -2.37. The third-order valence-corrected chi connectivity index (χ3v) is 13.6. The lowest BCUT2D eigenvalue weighted by atomic mass is 10.1. The molecule has 22 nitrogen and oxygen atoms in total. The number of nitrogens with zero attached hydrogens (tertiary/aromatic N) is 11. The van der Waals surface area contributed by atoms with Crippen molar-refractivity contribution in [3.63, 3.8) is 0 Å². The zero-order valence-electron chi connectivity index (χ0n) is 47.0. The SMILES string of the molecule is C=[N-].Cc1ccc(O)c(Cn2c(NCCCN3CCOCC3)nc3ccc(C=O)cc32)n1.Cc1ccc(O)c(Cn2c(NCCCN3CCOCC3)nc3ccc(CNc4cccnc4CCO)cc32)n1.Nc1cccnc1CCO.[B]. The van der Waals surface area contributed by atoms with E-state index in [-0.39, 0.29) is 33.1 Å². The van der Waals surface area contributed by atoms with E-state index in [2.05, 4.69) is 69.1 Å². The molecule has 0 bridgehead atoms. The Morgan fingerprint density at radius 2 is 1.13 bits per heavy atom. The minimum atomic E-state index is 0. The molecule has 2 aliphatic rings. The average molecular weight is 1120 g/mol. The lowest BCUT2D eigenvalue weighted by molar-refractivity contribution is 0.0378. The van der Waals surface area contributed by atoms with Crippen molar-refractivity contribution in [2.24, 2.45) is 0 Å². The van der Waals surface area contributed by atoms with Gasteiger partial charge in [-0.25, -0.2) is 16.7 Å². The fourth-order valence-electron chi connectivity index (χ4n) is 9.34. The zero-order valence-corrected chi connectivity index (χ0v) is 47.0. The quantitative estimate of drug-likeness (QED) is 0.0175. The van der Waals surface area contributed by atoms with Crippen LogP contribution >= 0.6 is 0 Å². The van der Waals surface area contributed by atoms with Gasteiger partial charge in [-0.3, -0.25) is 34.5 Å². The second-order valence-electron chi connectivity index (χ2n) is 19.4. The Labute approximate surface area is 480 Å². The van der Waals surface area contributed by atoms with Crippen molar-refractivity contribution >= 4 is 66.8 Å². The highest BCUT2D eigenvalue weighted by Crippen LogP contribution is 2.28. The number of benzene rings is 2. The first kappa shape index (κ1) is 63.1. The van der Waals surface area contributed by atoms with Crippen LogP contribution in [0.3, 0.4) is 0 Å². The van der Waals surface area contributed by atoms with Crippen LogP contribution in [0.5, 0.6) is 11.5 Å². The maximum Gasteiger partial charge on any atom is 0.204 e. The molecule has 0 unspecified atom stereocenters. The number of nitrogens with two attached hydrogens (primary N) is 1. The molecular weight excluding hydrogens is 1040 g/mol. The summed E-state index contributed by atoms with van der Waals surface area (Å²) in [5.74, 6) is 1.79. The normalized spacial score (nSPS) is 13.4. The monoisotopic (exact) mass is 1120 g/mol. The smallest absolute Gasteiger partial charge is 0.204 e. The van der Waals surface area contributed by atoms with Crippen molar-refractivity contribution < 1.29 is 34.7 Å². The third-order valence-electron chi connectivity index (χ3n) is 13.6. The second kappa shape index (κ2) is 33.0. The Morgan fingerprint density at radius 1 is 0.634 bits per heavy atom. The number of nitrogens with one attached hydrogen (secondary N) is 3. The van der Waals surface area contributed by atoms with Gasteiger partial charge in [0, 0.05) is 110 Å². The van der Waals surface area contributed by atoms with E-state index in [9.17, 15) is 20.1 Å². The summed E-state index contributed by atoms with van der Waals surface area (Å²) in [5.41, 5.74) is 16.7. The van der Waals surface area contributed by atoms with E-state index in [1.54, 1.807) is 48.8 Å². The summed E-state index contributed by atoms with van der Waals surface area (Å²) in [4.78, 5) is 43.2. The Hall–Kier alpha value is -8.06. The molecule has 8 aromatic rings. The summed E-state index contributed by atoms with van der Waals surface area (Å²) in [6, 6.07) is 26.0. The number of pyridine rings is 4. The Kier molecular flexibility index (Phi) is 25.4. The number of aldehydes is 1. The molecule has 433 valence electrons. The van der Waals surface area contributed by atoms with Gasteiger partial charge in [0.1, 0.15) is 29.2 Å². The topological polar surface area (TPSA) is 295 Å². The zero-order chi connectivity index (χ0) is 57.3. The number of rotatable bonds is 22. The number of morpholine rings is 2. The van der Waals surface area contributed by atoms with E-state index in [0.717, 1.165) is 160 Å². The third kappa shape index (κ3) is 18.2. The first-order chi connectivity index (χ1) is 39.6. The van der Waals surface area contributed by atoms with Gasteiger partial charge in [0.2, 0.25) is 11.9 Å². The van der Waals surface area contributed by atoms with Gasteiger partial charge in [0.05, 0.1) is 84.3 Å². The Bertz CT molecular complexity index is 3240. The molecule has 2 aromatic carbocycles. The lowest BCUT2D eigenvalue weighted by Gasteiger charge is -2.26. The number of aromatic hydroxyl groups is 2. The fourth-order valence-corrected chi connectivity index (χ4v) is 9.34. The Balaban J connectivity index is 0.000000222. The molecule has 0 amide bonds. The molecule has 2 saturated heterocycles. The minimum absolute atomic E-state index is 0. The van der Waals surface area contributed by atoms with Crippen LogP contribution in [0.2, 0.25) is 0 Å². The second-order valence-corrected chi connectivity index (χ2v) is 19.4. The van der Waals surface area contributed by atoms with Crippen LogP contribution in [-0.2, 0) is 41.9 Å². The van der Waals surface area contributed by atoms with Crippen LogP contribution in [0.4, 0.5) is 23.3 Å². The van der Waals surface area contributed by atoms with Gasteiger partial charge in [-0.15, -0.1) is 0 Å². The number of ether oxygens (including phenoxy) is 2. The number of hydrogen-bond acceptors (Lipinski definition) is 19. The highest BCUT2D eigenvalue weighted by molar-refractivity contribution is 5.86. The van der Waals surface area contributed by atoms with Crippen LogP contribution in [0.25, 0.3) is 27.5 Å². The average Bonchev–Trinajstić information content (AvgIpc) is 3.97. The summed E-state index contributed by atoms with van der Waals surface area (Å²) in [6.07, 6.45) is 7.25. The molecule has 2 fully saturated rings. The molecule has 23 heteroatoms. The van der Waals surface area contributed by atoms with E-state index in [1.165, 1.54) is 0 Å². The van der Waals surface area contributed by atoms with Crippen LogP contribution in [0, 0.1) is 13.8 Å². The molecule has 82 heavy (non-hydrogen) atoms. The summed E-state index contributed by atoms with van der Waals surface area (Å²) in [7, 11) is 0. The van der Waals surface area contributed by atoms with Gasteiger partial charge in [0.25, 0.3) is 0 Å². The fraction of sp³-hybridized carbons (Fsp3) is 0.390. The van der Waals surface area contributed by atoms with Crippen LogP contribution in [0.15, 0.2) is 97.3 Å². The van der Waals surface area contributed by atoms with E-state index in [4.69, 9.17) is 35.7 Å². The maximum atomic E-state index is 11.3. The van der Waals surface area contributed by atoms with Crippen molar-refractivity contribution in [3.8, 4) is 11.5 Å². The molecule has 6 aromatic heterocycles. The van der Waals surface area contributed by atoms with E-state index >= 15 is 0 Å². The van der Waals surface area contributed by atoms with Gasteiger partial charge in [-0.2, -0.15) is 0 Å². The first-order valence-electron chi connectivity index (χ1n) is 27.3. The molecule has 2 aliphatic heterocycles. The van der Waals surface area contributed by atoms with Gasteiger partial charge in [-0.1, -0.05) is 6.07 Å². The summed E-state index contributed by atoms with van der Waals surface area (Å²) < 4.78 is 14.9. The molecule has 0 saturated carbocycles. The maximum absolute atomic E-state index is 11.3. The van der Waals surface area contributed by atoms with Crippen LogP contribution in [0.1, 0.15) is 62.9 Å². The summed E-state index contributed by atoms with van der Waals surface area (Å²) >= 11 is 0. The molecular formula is C59H76BN15O7-. The minimum Gasteiger partial charge on any atom is -0.817 e. The standard InChI is InChI=1S/C29H37N7O3.C22H27N5O3.C7H10N2O.CH2N.B/c1-21-5-8-28(38)26(33-21)20-36-27-18-22(19-32-23-4-2-10-30-24(23)9-15-37)6-7-25(27)34-29(36)31-11-3-12-35-13-16-39-17-14-35;1-16-3-6-21(29)19(24-16)14-27-20-13-17(15-28)4-5-18(20)25-22(27)23-7-2-8-26-9-11-30-12-10-26;8-6-2-1-4-9-7(6)3-5-10;1-2;/h2,4-8,10,18,32,37-38H,3,9,11-17,19-20H2,1H3,(H,31,34);3-6,13,15,29H,2,7-12,14H2,1H3,(H,23,25);1-2,4,10H,3,5,8H2;1H2;/q;;;-1;. The number of aliphatic hydroxyl groups excluding tert-OH is 2. The number of hydrogen-bond donors (Lipinski definition) is 8. The van der Waals surface area contributed by atoms with Crippen molar-refractivity contribution in [2.45, 2.75) is 59.2 Å². The van der Waals surface area contributed by atoms with Crippen LogP contribution in [-0.4, -0.2) is 183 Å².